The average molecular weight is 493 g/mol. The van der Waals surface area contributed by atoms with Gasteiger partial charge in [-0.05, 0) is 48.0 Å². The lowest BCUT2D eigenvalue weighted by molar-refractivity contribution is -0.129. The summed E-state index contributed by atoms with van der Waals surface area (Å²) >= 11 is 0. The number of aliphatic imine (C=N–C) groups is 1. The molecule has 0 fully saturated rings. The van der Waals surface area contributed by atoms with Crippen LogP contribution in [0.5, 0.6) is 28.7 Å². The lowest BCUT2D eigenvalue weighted by Crippen LogP contribution is -2.11. The van der Waals surface area contributed by atoms with Crippen molar-refractivity contribution in [2.24, 2.45) is 4.99 Å². The van der Waals surface area contributed by atoms with E-state index in [2.05, 4.69) is 4.99 Å². The molecule has 3 aromatic carbocycles. The second kappa shape index (κ2) is 11.3. The molecule has 0 N–H and O–H groups in total. The SMILES string of the molecule is COc1ccccc1OCCOc1c(OC)cc(/C=C2/N=C(c3ccccc3F)OC2=O)cc1OC. The second-order valence-electron chi connectivity index (χ2n) is 7.42. The third kappa shape index (κ3) is 5.41. The molecule has 4 rings (SSSR count). The first-order valence-electron chi connectivity index (χ1n) is 11.0. The Labute approximate surface area is 207 Å². The molecule has 0 saturated carbocycles. The lowest BCUT2D eigenvalue weighted by Gasteiger charge is -2.16. The summed E-state index contributed by atoms with van der Waals surface area (Å²) in [6.45, 7) is 0.450. The van der Waals surface area contributed by atoms with Crippen molar-refractivity contribution in [1.29, 1.82) is 0 Å². The van der Waals surface area contributed by atoms with Crippen LogP contribution in [0.3, 0.4) is 0 Å². The van der Waals surface area contributed by atoms with Gasteiger partial charge in [0.2, 0.25) is 11.6 Å². The van der Waals surface area contributed by atoms with Crippen molar-refractivity contribution in [3.8, 4) is 28.7 Å². The fourth-order valence-electron chi connectivity index (χ4n) is 3.48. The highest BCUT2D eigenvalue weighted by Gasteiger charge is 2.26. The largest absolute Gasteiger partial charge is 0.493 e. The van der Waals surface area contributed by atoms with Crippen LogP contribution in [0, 0.1) is 5.82 Å². The van der Waals surface area contributed by atoms with E-state index in [-0.39, 0.29) is 30.4 Å². The number of para-hydroxylation sites is 2. The topological polar surface area (TPSA) is 84.8 Å². The average Bonchev–Trinajstić information content (AvgIpc) is 3.26. The number of halogens is 1. The molecule has 1 heterocycles. The summed E-state index contributed by atoms with van der Waals surface area (Å²) in [4.78, 5) is 16.5. The molecule has 0 bridgehead atoms. The number of carbonyl (C=O) groups is 1. The summed E-state index contributed by atoms with van der Waals surface area (Å²) in [7, 11) is 4.55. The maximum absolute atomic E-state index is 14.1. The van der Waals surface area contributed by atoms with E-state index in [1.54, 1.807) is 43.5 Å². The minimum Gasteiger partial charge on any atom is -0.493 e. The van der Waals surface area contributed by atoms with E-state index in [1.807, 2.05) is 12.1 Å². The van der Waals surface area contributed by atoms with Crippen LogP contribution in [0.4, 0.5) is 4.39 Å². The summed E-state index contributed by atoms with van der Waals surface area (Å²) in [6, 6.07) is 16.6. The van der Waals surface area contributed by atoms with Crippen LogP contribution in [-0.2, 0) is 9.53 Å². The maximum atomic E-state index is 14.1. The Hall–Kier alpha value is -4.53. The van der Waals surface area contributed by atoms with E-state index in [1.165, 1.54) is 32.4 Å². The number of carbonyl (C=O) groups excluding carboxylic acids is 1. The van der Waals surface area contributed by atoms with Gasteiger partial charge in [-0.3, -0.25) is 0 Å². The van der Waals surface area contributed by atoms with Crippen LogP contribution in [0.25, 0.3) is 6.08 Å². The highest BCUT2D eigenvalue weighted by Crippen LogP contribution is 2.39. The highest BCUT2D eigenvalue weighted by molar-refractivity contribution is 6.13. The predicted octanol–water partition coefficient (Wildman–Crippen LogP) is 4.65. The van der Waals surface area contributed by atoms with Crippen LogP contribution in [-0.4, -0.2) is 46.4 Å². The van der Waals surface area contributed by atoms with Gasteiger partial charge in [-0.1, -0.05) is 24.3 Å². The third-order valence-corrected chi connectivity index (χ3v) is 5.17. The van der Waals surface area contributed by atoms with Gasteiger partial charge in [-0.2, -0.15) is 0 Å². The van der Waals surface area contributed by atoms with Crippen molar-refractivity contribution in [3.05, 3.63) is 83.3 Å². The predicted molar refractivity (Wildman–Crippen MR) is 131 cm³/mol. The third-order valence-electron chi connectivity index (χ3n) is 5.17. The number of nitrogens with zero attached hydrogens (tertiary/aromatic N) is 1. The van der Waals surface area contributed by atoms with E-state index >= 15 is 0 Å². The van der Waals surface area contributed by atoms with Gasteiger partial charge >= 0.3 is 5.97 Å². The summed E-state index contributed by atoms with van der Waals surface area (Å²) in [5.74, 6) is 1.02. The van der Waals surface area contributed by atoms with Crippen molar-refractivity contribution < 1.29 is 37.6 Å². The molecule has 0 unspecified atom stereocenters. The minimum absolute atomic E-state index is 0.0104. The van der Waals surface area contributed by atoms with Gasteiger partial charge in [0, 0.05) is 0 Å². The van der Waals surface area contributed by atoms with Crippen molar-refractivity contribution in [2.75, 3.05) is 34.5 Å². The van der Waals surface area contributed by atoms with Crippen molar-refractivity contribution in [2.45, 2.75) is 0 Å². The summed E-state index contributed by atoms with van der Waals surface area (Å²) in [5, 5.41) is 0. The second-order valence-corrected chi connectivity index (χ2v) is 7.42. The molecule has 9 heteroatoms. The number of esters is 1. The van der Waals surface area contributed by atoms with Gasteiger partial charge < -0.3 is 28.4 Å². The van der Waals surface area contributed by atoms with E-state index in [0.29, 0.717) is 34.3 Å². The van der Waals surface area contributed by atoms with Crippen LogP contribution in [0.2, 0.25) is 0 Å². The van der Waals surface area contributed by atoms with Crippen molar-refractivity contribution >= 4 is 17.9 Å². The number of cyclic esters (lactones) is 1. The van der Waals surface area contributed by atoms with Gasteiger partial charge in [0.05, 0.1) is 26.9 Å². The Morgan fingerprint density at radius 2 is 1.44 bits per heavy atom. The normalized spacial score (nSPS) is 13.7. The van der Waals surface area contributed by atoms with E-state index in [9.17, 15) is 9.18 Å². The number of benzene rings is 3. The van der Waals surface area contributed by atoms with Gasteiger partial charge in [-0.15, -0.1) is 0 Å². The molecular weight excluding hydrogens is 469 g/mol. The molecule has 186 valence electrons. The monoisotopic (exact) mass is 493 g/mol. The number of hydrogen-bond donors (Lipinski definition) is 0. The lowest BCUT2D eigenvalue weighted by atomic mass is 10.1. The highest BCUT2D eigenvalue weighted by atomic mass is 19.1. The molecule has 0 aromatic heterocycles. The molecule has 8 nitrogen and oxygen atoms in total. The smallest absolute Gasteiger partial charge is 0.363 e. The van der Waals surface area contributed by atoms with Crippen LogP contribution < -0.4 is 23.7 Å². The molecular formula is C27H24FNO7. The molecule has 1 aliphatic rings. The molecule has 0 atom stereocenters. The number of methoxy groups -OCH3 is 3. The Bertz CT molecular complexity index is 1290. The molecule has 36 heavy (non-hydrogen) atoms. The van der Waals surface area contributed by atoms with E-state index in [4.69, 9.17) is 28.4 Å². The first-order valence-corrected chi connectivity index (χ1v) is 11.0. The van der Waals surface area contributed by atoms with Crippen LogP contribution in [0.1, 0.15) is 11.1 Å². The zero-order valence-corrected chi connectivity index (χ0v) is 19.9. The standard InChI is InChI=1S/C27H24FNO7/c1-31-21-10-6-7-11-22(21)34-12-13-35-25-23(32-2)15-17(16-24(25)33-3)14-20-27(30)36-26(29-20)18-8-4-5-9-19(18)28/h4-11,14-16H,12-13H2,1-3H3/b20-14+. The molecule has 0 saturated heterocycles. The summed E-state index contributed by atoms with van der Waals surface area (Å²) < 4.78 is 47.1. The van der Waals surface area contributed by atoms with Crippen LogP contribution >= 0.6 is 0 Å². The molecule has 0 amide bonds. The van der Waals surface area contributed by atoms with Crippen LogP contribution in [0.15, 0.2) is 71.4 Å². The number of ether oxygens (including phenoxy) is 6. The first kappa shape index (κ1) is 24.6. The minimum atomic E-state index is -0.694. The Morgan fingerprint density at radius 1 is 0.833 bits per heavy atom. The molecule has 0 radical (unpaired) electrons. The molecule has 0 aliphatic carbocycles. The Balaban J connectivity index is 1.52. The van der Waals surface area contributed by atoms with Gasteiger partial charge in [0.25, 0.3) is 0 Å². The zero-order valence-electron chi connectivity index (χ0n) is 19.9. The fraction of sp³-hybridized carbons (Fsp3) is 0.185. The number of hydrogen-bond acceptors (Lipinski definition) is 8. The quantitative estimate of drug-likeness (QED) is 0.231. The first-order chi connectivity index (χ1) is 17.5. The summed E-state index contributed by atoms with van der Waals surface area (Å²) in [6.07, 6.45) is 1.50. The van der Waals surface area contributed by atoms with E-state index < -0.39 is 11.8 Å². The summed E-state index contributed by atoms with van der Waals surface area (Å²) in [5.41, 5.74) is 0.659. The van der Waals surface area contributed by atoms with Gasteiger partial charge in [0.15, 0.2) is 28.7 Å². The Kier molecular flexibility index (Phi) is 7.69. The van der Waals surface area contributed by atoms with E-state index in [0.717, 1.165) is 0 Å². The zero-order chi connectivity index (χ0) is 25.5. The van der Waals surface area contributed by atoms with Gasteiger partial charge in [0.1, 0.15) is 19.0 Å². The van der Waals surface area contributed by atoms with Gasteiger partial charge in [-0.25, -0.2) is 14.2 Å². The molecule has 0 spiro atoms. The molecule has 1 aliphatic heterocycles. The Morgan fingerprint density at radius 3 is 2.11 bits per heavy atom. The molecule has 3 aromatic rings. The maximum Gasteiger partial charge on any atom is 0.363 e. The fourth-order valence-corrected chi connectivity index (χ4v) is 3.48. The van der Waals surface area contributed by atoms with Crippen molar-refractivity contribution in [3.63, 3.8) is 0 Å². The van der Waals surface area contributed by atoms with Crippen molar-refractivity contribution in [1.82, 2.24) is 0 Å². The number of rotatable bonds is 10.